The highest BCUT2D eigenvalue weighted by molar-refractivity contribution is 8.71. The van der Waals surface area contributed by atoms with Gasteiger partial charge in [0.1, 0.15) is 6.54 Å². The van der Waals surface area contributed by atoms with Crippen molar-refractivity contribution in [2.45, 2.75) is 80.9 Å². The molecule has 0 radical (unpaired) electrons. The molecule has 52 heavy (non-hydrogen) atoms. The molecule has 0 unspecified atom stereocenters. The van der Waals surface area contributed by atoms with Crippen molar-refractivity contribution in [1.29, 1.82) is 0 Å². The Kier molecular flexibility index (Phi) is 12.8. The number of likely N-dealkylation sites (N-methyl/N-ethyl adjacent to an activating group) is 1. The van der Waals surface area contributed by atoms with Crippen molar-refractivity contribution >= 4 is 62.9 Å². The number of amides is 1. The molecule has 2 aliphatic heterocycles. The minimum Gasteiger partial charge on any atom is -0.355 e. The van der Waals surface area contributed by atoms with E-state index in [1.54, 1.807) is 12.1 Å². The first kappa shape index (κ1) is 41.5. The summed E-state index contributed by atoms with van der Waals surface area (Å²) in [5, 5.41) is 2.75. The lowest BCUT2D eigenvalue weighted by Crippen LogP contribution is -2.28. The number of rotatable bonds is 16. The Morgan fingerprint density at radius 3 is 2.12 bits per heavy atom. The molecule has 4 rings (SSSR count). The largest absolute Gasteiger partial charge is 0.355 e. The van der Waals surface area contributed by atoms with Crippen molar-refractivity contribution in [2.75, 3.05) is 36.5 Å². The summed E-state index contributed by atoms with van der Waals surface area (Å²) in [6.07, 6.45) is 13.3. The van der Waals surface area contributed by atoms with Crippen molar-refractivity contribution in [2.24, 2.45) is 0 Å². The Hall–Kier alpha value is -3.28. The Morgan fingerprint density at radius 1 is 0.865 bits per heavy atom. The molecule has 0 saturated heterocycles. The van der Waals surface area contributed by atoms with Crippen LogP contribution in [0.2, 0.25) is 0 Å². The molecule has 0 aliphatic carbocycles. The zero-order chi connectivity index (χ0) is 38.7. The highest BCUT2D eigenvalue weighted by Gasteiger charge is 2.45. The Labute approximate surface area is 311 Å². The third kappa shape index (κ3) is 9.63. The number of hydrogen-bond acceptors (Lipinski definition) is 9. The van der Waals surface area contributed by atoms with Gasteiger partial charge in [-0.15, -0.1) is 0 Å². The summed E-state index contributed by atoms with van der Waals surface area (Å²) in [7, 11) is -11.1. The van der Waals surface area contributed by atoms with Crippen molar-refractivity contribution in [3.63, 3.8) is 0 Å². The van der Waals surface area contributed by atoms with Crippen LogP contribution in [-0.2, 0) is 44.7 Å². The molecule has 16 heteroatoms. The van der Waals surface area contributed by atoms with Gasteiger partial charge in [-0.3, -0.25) is 13.9 Å². The predicted molar refractivity (Wildman–Crippen MR) is 207 cm³/mol. The van der Waals surface area contributed by atoms with E-state index in [1.807, 2.05) is 65.0 Å². The van der Waals surface area contributed by atoms with Gasteiger partial charge in [-0.25, -0.2) is 8.42 Å². The summed E-state index contributed by atoms with van der Waals surface area (Å²) < 4.78 is 91.7. The number of carbonyl (C=O) groups is 1. The minimum atomic E-state index is -4.41. The molecular weight excluding hydrogens is 747 g/mol. The number of nitrogens with one attached hydrogen (secondary N) is 1. The van der Waals surface area contributed by atoms with Crippen molar-refractivity contribution in [3.8, 4) is 0 Å². The molecular formula is C36H48N3O9S4+. The van der Waals surface area contributed by atoms with Crippen LogP contribution in [0.4, 0.5) is 11.4 Å². The lowest BCUT2D eigenvalue weighted by Gasteiger charge is -2.25. The van der Waals surface area contributed by atoms with E-state index in [2.05, 4.69) is 14.8 Å². The molecule has 0 atom stereocenters. The molecule has 1 amide bonds. The van der Waals surface area contributed by atoms with E-state index in [0.29, 0.717) is 25.9 Å². The van der Waals surface area contributed by atoms with Gasteiger partial charge in [-0.1, -0.05) is 32.1 Å². The van der Waals surface area contributed by atoms with Gasteiger partial charge in [0.25, 0.3) is 20.2 Å². The van der Waals surface area contributed by atoms with Crippen molar-refractivity contribution in [1.82, 2.24) is 5.32 Å². The van der Waals surface area contributed by atoms with Crippen LogP contribution in [-0.4, -0.2) is 82.2 Å². The maximum Gasteiger partial charge on any atom is 0.294 e. The first-order chi connectivity index (χ1) is 24.1. The highest BCUT2D eigenvalue weighted by atomic mass is 33.1. The minimum absolute atomic E-state index is 0.133. The molecule has 12 nitrogen and oxygen atoms in total. The number of anilines is 1. The van der Waals surface area contributed by atoms with Crippen LogP contribution < -0.4 is 10.2 Å². The van der Waals surface area contributed by atoms with Crippen LogP contribution in [0, 0.1) is 0 Å². The first-order valence-corrected chi connectivity index (χ1v) is 23.2. The number of hydrogen-bond donors (Lipinski definition) is 3. The predicted octanol–water partition coefficient (Wildman–Crippen LogP) is 5.74. The average Bonchev–Trinajstić information content (AvgIpc) is 3.39. The average molecular weight is 795 g/mol. The molecule has 3 N–H and O–H groups in total. The Balaban J connectivity index is 1.53. The van der Waals surface area contributed by atoms with Gasteiger partial charge in [0.2, 0.25) is 11.6 Å². The molecule has 284 valence electrons. The van der Waals surface area contributed by atoms with Gasteiger partial charge in [0.05, 0.1) is 15.2 Å². The maximum atomic E-state index is 12.2. The van der Waals surface area contributed by atoms with E-state index in [-0.39, 0.29) is 28.0 Å². The van der Waals surface area contributed by atoms with E-state index in [9.17, 15) is 39.2 Å². The van der Waals surface area contributed by atoms with E-state index < -0.39 is 39.9 Å². The third-order valence-electron chi connectivity index (χ3n) is 9.38. The number of unbranched alkanes of at least 4 members (excludes halogenated alkanes) is 2. The normalized spacial score (nSPS) is 17.8. The van der Waals surface area contributed by atoms with Gasteiger partial charge in [-0.2, -0.15) is 21.4 Å². The fourth-order valence-corrected chi connectivity index (χ4v) is 9.43. The fourth-order valence-electron chi connectivity index (χ4n) is 6.77. The van der Waals surface area contributed by atoms with Crippen LogP contribution in [0.25, 0.3) is 0 Å². The summed E-state index contributed by atoms with van der Waals surface area (Å²) in [6.45, 7) is 11.5. The van der Waals surface area contributed by atoms with E-state index in [1.165, 1.54) is 24.3 Å². The van der Waals surface area contributed by atoms with Crippen LogP contribution in [0.15, 0.2) is 82.3 Å². The fraction of sp³-hybridized carbons (Fsp3) is 0.444. The quantitative estimate of drug-likeness (QED) is 0.0621. The second-order valence-electron chi connectivity index (χ2n) is 13.8. The lowest BCUT2D eigenvalue weighted by molar-refractivity contribution is -0.438. The third-order valence-corrected chi connectivity index (χ3v) is 13.7. The van der Waals surface area contributed by atoms with Gasteiger partial charge in [-0.05, 0) is 86.4 Å². The van der Waals surface area contributed by atoms with E-state index in [4.69, 9.17) is 0 Å². The lowest BCUT2D eigenvalue weighted by atomic mass is 9.81. The van der Waals surface area contributed by atoms with E-state index >= 15 is 0 Å². The zero-order valence-corrected chi connectivity index (χ0v) is 33.6. The van der Waals surface area contributed by atoms with E-state index in [0.717, 1.165) is 63.8 Å². The van der Waals surface area contributed by atoms with Crippen LogP contribution in [0.5, 0.6) is 0 Å². The summed E-state index contributed by atoms with van der Waals surface area (Å²) >= 11 is 0. The molecule has 2 aromatic rings. The molecule has 0 saturated carbocycles. The number of benzene rings is 2. The molecule has 0 spiro atoms. The number of allylic oxidation sites excluding steroid dienone is 6. The number of nitrogens with zero attached hydrogens (tertiary/aromatic N) is 2. The van der Waals surface area contributed by atoms with Crippen LogP contribution in [0.1, 0.15) is 71.4 Å². The molecule has 2 aliphatic rings. The zero-order valence-electron chi connectivity index (χ0n) is 30.3. The van der Waals surface area contributed by atoms with Crippen LogP contribution >= 0.6 is 10.8 Å². The smallest absolute Gasteiger partial charge is 0.294 e. The second-order valence-corrected chi connectivity index (χ2v) is 21.2. The Morgan fingerprint density at radius 2 is 1.50 bits per heavy atom. The first-order valence-electron chi connectivity index (χ1n) is 16.9. The molecule has 0 aromatic heterocycles. The Bertz CT molecular complexity index is 2170. The van der Waals surface area contributed by atoms with Crippen molar-refractivity contribution < 1.29 is 43.7 Å². The van der Waals surface area contributed by atoms with Crippen molar-refractivity contribution in [3.05, 3.63) is 83.6 Å². The van der Waals surface area contributed by atoms with Crippen LogP contribution in [0.3, 0.4) is 0 Å². The van der Waals surface area contributed by atoms with Gasteiger partial charge in [0.15, 0.2) is 14.6 Å². The highest BCUT2D eigenvalue weighted by Crippen LogP contribution is 2.48. The standard InChI is InChI=1S/C36H47N3O9S4/c1-7-38-30-19-17-26(51(43,44)45)24-28(30)35(2,3)32(38)14-10-8-11-15-33-36(4,5)29-25-27(52(46,47)48)18-20-31(29)39(33)22-13-9-12-16-34(40)37-21-23-49-50(6,41)42/h8,10-11,14-15,17-20,24-25H,7,9,12-13,16,21-23H2,1-6H3,(H2-,37,40,43,44,45,46,47,48)/p+1. The second kappa shape index (κ2) is 16.0. The molecule has 0 fully saturated rings. The maximum absolute atomic E-state index is 12.2. The molecule has 2 aromatic carbocycles. The van der Waals surface area contributed by atoms with Gasteiger partial charge >= 0.3 is 0 Å². The monoisotopic (exact) mass is 794 g/mol. The topological polar surface area (TPSA) is 178 Å². The number of carbonyl (C=O) groups excluding carboxylic acids is 1. The molecule has 2 heterocycles. The summed E-state index contributed by atoms with van der Waals surface area (Å²) in [5.74, 6) is 0.155. The summed E-state index contributed by atoms with van der Waals surface area (Å²) in [4.78, 5) is 14.0. The molecule has 0 bridgehead atoms. The number of fused-ring (bicyclic) bond motifs is 2. The summed E-state index contributed by atoms with van der Waals surface area (Å²) in [5.41, 5.74) is 4.00. The van der Waals surface area contributed by atoms with Gasteiger partial charge < -0.3 is 10.2 Å². The summed E-state index contributed by atoms with van der Waals surface area (Å²) in [6, 6.07) is 9.25. The SMILES string of the molecule is CCN1C(=CC=CC=CC2=[N+](CCCCCC(=O)NCCSS(C)(=O)=O)c3ccc(S(=O)(=O)O)cc3C2(C)C)C(C)(C)c2cc(S(=O)(=O)O)ccc21. The van der Waals surface area contributed by atoms with Gasteiger partial charge in [0, 0.05) is 72.4 Å².